The van der Waals surface area contributed by atoms with Crippen LogP contribution in [0.3, 0.4) is 0 Å². The summed E-state index contributed by atoms with van der Waals surface area (Å²) in [6.45, 7) is 3.62. The maximum absolute atomic E-state index is 13.5. The molecule has 110 valence electrons. The Morgan fingerprint density at radius 1 is 0.810 bits per heavy atom. The average molecular weight is 428 g/mol. The van der Waals surface area contributed by atoms with Gasteiger partial charge in [-0.15, -0.1) is 11.3 Å². The quantitative estimate of drug-likeness (QED) is 0.181. The topological polar surface area (TPSA) is 0 Å². The first kappa shape index (κ1) is 16.2. The zero-order chi connectivity index (χ0) is 15.9. The summed E-state index contributed by atoms with van der Waals surface area (Å²) in [7, 11) is 0. The van der Waals surface area contributed by atoms with E-state index >= 15 is 0 Å². The van der Waals surface area contributed by atoms with Crippen LogP contribution >= 0.6 is 33.9 Å². The van der Waals surface area contributed by atoms with Gasteiger partial charge in [0.05, 0.1) is 4.88 Å². The third kappa shape index (κ3) is 2.79. The number of benzene rings is 1. The lowest BCUT2D eigenvalue weighted by molar-refractivity contribution is 0.376. The normalized spacial score (nSPS) is 10.5. The summed E-state index contributed by atoms with van der Waals surface area (Å²) in [6.07, 6.45) is 0. The highest BCUT2D eigenvalue weighted by molar-refractivity contribution is 14.1. The average Bonchev–Trinajstić information content (AvgIpc) is 2.70. The minimum atomic E-state index is -2.19. The van der Waals surface area contributed by atoms with E-state index in [-0.39, 0.29) is 0 Å². The Hall–Kier alpha value is -1.14. The summed E-state index contributed by atoms with van der Waals surface area (Å²) in [5.74, 6) is -5.49. The molecule has 0 spiro atoms. The summed E-state index contributed by atoms with van der Waals surface area (Å²) < 4.78 is 66.9. The number of hydrogen-bond donors (Lipinski definition) is 0. The van der Waals surface area contributed by atoms with Crippen LogP contribution in [-0.2, 0) is 0 Å². The van der Waals surface area contributed by atoms with Crippen LogP contribution in [0.2, 0.25) is 0 Å². The fourth-order valence-corrected chi connectivity index (χ4v) is 3.28. The minimum Gasteiger partial charge on any atom is -0.202 e. The number of halogens is 6. The van der Waals surface area contributed by atoms with Crippen LogP contribution in [0.15, 0.2) is 0 Å². The van der Waals surface area contributed by atoms with Gasteiger partial charge in [-0.05, 0) is 42.0 Å². The molecule has 0 radical (unpaired) electrons. The summed E-state index contributed by atoms with van der Waals surface area (Å²) in [4.78, 5) is 1.50. The van der Waals surface area contributed by atoms with Crippen LogP contribution in [0.25, 0.3) is 0 Å². The van der Waals surface area contributed by atoms with Crippen molar-refractivity contribution in [2.24, 2.45) is 0 Å². The van der Waals surface area contributed by atoms with Crippen LogP contribution in [0.5, 0.6) is 0 Å². The van der Waals surface area contributed by atoms with Crippen molar-refractivity contribution in [1.29, 1.82) is 0 Å². The predicted molar refractivity (Wildman–Crippen MR) is 78.7 cm³/mol. The second-order valence-corrected chi connectivity index (χ2v) is 6.42. The first-order chi connectivity index (χ1) is 9.75. The molecule has 1 aromatic carbocycles. The largest absolute Gasteiger partial charge is 0.202 e. The first-order valence-corrected chi connectivity index (χ1v) is 7.44. The van der Waals surface area contributed by atoms with E-state index in [4.69, 9.17) is 0 Å². The standard InChI is InChI=1S/C14H6F5IS/c1-5-8(21-6(2)14(5)20)4-3-7-9(15)11(17)13(19)12(18)10(7)16/h1-2H3. The highest BCUT2D eigenvalue weighted by atomic mass is 127. The number of rotatable bonds is 0. The third-order valence-electron chi connectivity index (χ3n) is 2.74. The molecule has 1 heterocycles. The van der Waals surface area contributed by atoms with E-state index in [0.29, 0.717) is 4.88 Å². The van der Waals surface area contributed by atoms with Gasteiger partial charge >= 0.3 is 0 Å². The van der Waals surface area contributed by atoms with E-state index < -0.39 is 34.6 Å². The van der Waals surface area contributed by atoms with E-state index in [1.807, 2.05) is 12.8 Å². The molecular weight excluding hydrogens is 422 g/mol. The molecule has 0 bridgehead atoms. The lowest BCUT2D eigenvalue weighted by Gasteiger charge is -2.02. The predicted octanol–water partition coefficient (Wildman–Crippen LogP) is 5.06. The fraction of sp³-hybridized carbons (Fsp3) is 0.143. The van der Waals surface area contributed by atoms with Crippen LogP contribution in [0.1, 0.15) is 20.9 Å². The van der Waals surface area contributed by atoms with Gasteiger partial charge in [0.1, 0.15) is 5.56 Å². The molecule has 0 aliphatic rings. The molecule has 0 aliphatic carbocycles. The SMILES string of the molecule is Cc1sc(C#Cc2c(F)c(F)c(F)c(F)c2F)c(C)c1I. The molecule has 7 heteroatoms. The molecule has 0 N–H and O–H groups in total. The molecule has 2 rings (SSSR count). The highest BCUT2D eigenvalue weighted by Crippen LogP contribution is 2.28. The van der Waals surface area contributed by atoms with Gasteiger partial charge in [0, 0.05) is 8.45 Å². The summed E-state index contributed by atoms with van der Waals surface area (Å²) in [5, 5.41) is 0. The summed E-state index contributed by atoms with van der Waals surface area (Å²) in [6, 6.07) is 0. The van der Waals surface area contributed by atoms with Crippen molar-refractivity contribution in [2.45, 2.75) is 13.8 Å². The zero-order valence-corrected chi connectivity index (χ0v) is 13.7. The van der Waals surface area contributed by atoms with Crippen molar-refractivity contribution >= 4 is 33.9 Å². The summed E-state index contributed by atoms with van der Waals surface area (Å²) in [5.41, 5.74) is -0.304. The lowest BCUT2D eigenvalue weighted by Crippen LogP contribution is -2.04. The van der Waals surface area contributed by atoms with Gasteiger partial charge in [-0.25, -0.2) is 22.0 Å². The molecule has 0 saturated heterocycles. The lowest BCUT2D eigenvalue weighted by atomic mass is 10.1. The van der Waals surface area contributed by atoms with Gasteiger partial charge in [0.25, 0.3) is 0 Å². The monoisotopic (exact) mass is 428 g/mol. The first-order valence-electron chi connectivity index (χ1n) is 5.54. The van der Waals surface area contributed by atoms with Crippen LogP contribution in [0, 0.1) is 58.3 Å². The molecule has 21 heavy (non-hydrogen) atoms. The maximum atomic E-state index is 13.5. The van der Waals surface area contributed by atoms with Gasteiger partial charge in [-0.1, -0.05) is 11.8 Å². The van der Waals surface area contributed by atoms with E-state index in [9.17, 15) is 22.0 Å². The van der Waals surface area contributed by atoms with Crippen LogP contribution in [0.4, 0.5) is 22.0 Å². The van der Waals surface area contributed by atoms with Gasteiger partial charge in [0.2, 0.25) is 5.82 Å². The zero-order valence-electron chi connectivity index (χ0n) is 10.7. The van der Waals surface area contributed by atoms with Crippen molar-refractivity contribution in [2.75, 3.05) is 0 Å². The molecule has 2 aromatic rings. The molecule has 0 atom stereocenters. The number of thiophene rings is 1. The van der Waals surface area contributed by atoms with Crippen molar-refractivity contribution < 1.29 is 22.0 Å². The van der Waals surface area contributed by atoms with Crippen molar-refractivity contribution in [3.8, 4) is 11.8 Å². The van der Waals surface area contributed by atoms with Gasteiger partial charge < -0.3 is 0 Å². The van der Waals surface area contributed by atoms with Crippen LogP contribution in [-0.4, -0.2) is 0 Å². The highest BCUT2D eigenvalue weighted by Gasteiger charge is 2.24. The van der Waals surface area contributed by atoms with Gasteiger partial charge in [-0.2, -0.15) is 0 Å². The molecule has 1 aromatic heterocycles. The second-order valence-electron chi connectivity index (χ2n) is 4.12. The molecule has 0 nitrogen and oxygen atoms in total. The molecule has 0 fully saturated rings. The van der Waals surface area contributed by atoms with Gasteiger partial charge in [0.15, 0.2) is 23.3 Å². The van der Waals surface area contributed by atoms with Crippen molar-refractivity contribution in [3.05, 3.63) is 53.5 Å². The Balaban J connectivity index is 2.61. The fourth-order valence-electron chi connectivity index (χ4n) is 1.59. The van der Waals surface area contributed by atoms with E-state index in [1.165, 1.54) is 11.3 Å². The third-order valence-corrected chi connectivity index (χ3v) is 5.85. The van der Waals surface area contributed by atoms with E-state index in [2.05, 4.69) is 28.5 Å². The Kier molecular flexibility index (Phi) is 4.58. The Morgan fingerprint density at radius 2 is 1.29 bits per heavy atom. The van der Waals surface area contributed by atoms with Crippen LogP contribution < -0.4 is 0 Å². The van der Waals surface area contributed by atoms with Crippen molar-refractivity contribution in [1.82, 2.24) is 0 Å². The molecule has 0 saturated carbocycles. The maximum Gasteiger partial charge on any atom is 0.200 e. The number of aryl methyl sites for hydroxylation is 1. The van der Waals surface area contributed by atoms with E-state index in [1.54, 1.807) is 6.92 Å². The molecule has 0 aliphatic heterocycles. The van der Waals surface area contributed by atoms with Crippen molar-refractivity contribution in [3.63, 3.8) is 0 Å². The molecular formula is C14H6F5IS. The molecule has 0 unspecified atom stereocenters. The second kappa shape index (κ2) is 5.93. The van der Waals surface area contributed by atoms with Gasteiger partial charge in [-0.3, -0.25) is 0 Å². The minimum absolute atomic E-state index is 0.529. The number of hydrogen-bond acceptors (Lipinski definition) is 1. The Labute approximate surface area is 135 Å². The smallest absolute Gasteiger partial charge is 0.200 e. The Morgan fingerprint density at radius 3 is 1.71 bits per heavy atom. The van der Waals surface area contributed by atoms with E-state index in [0.717, 1.165) is 14.0 Å². The molecule has 0 amide bonds. The summed E-state index contributed by atoms with van der Waals surface area (Å²) >= 11 is 3.39. The Bertz CT molecular complexity index is 769.